The molecule has 1 radical (unpaired) electrons. The van der Waals surface area contributed by atoms with Crippen LogP contribution in [0.3, 0.4) is 0 Å². The number of rotatable bonds is 28. The Morgan fingerprint density at radius 1 is 1.14 bits per heavy atom. The van der Waals surface area contributed by atoms with Gasteiger partial charge in [0, 0.05) is 24.7 Å². The van der Waals surface area contributed by atoms with Gasteiger partial charge in [0.1, 0.15) is 47.9 Å². The van der Waals surface area contributed by atoms with Crippen LogP contribution in [-0.4, -0.2) is 147 Å². The van der Waals surface area contributed by atoms with E-state index < -0.39 is 43.5 Å². The molecule has 1 saturated heterocycles. The van der Waals surface area contributed by atoms with Crippen molar-refractivity contribution in [3.63, 3.8) is 0 Å². The molecule has 1 heterocycles. The average Bonchev–Trinajstić information content (AvgIpc) is 3.60. The average molecular weight is 936 g/mol. The van der Waals surface area contributed by atoms with Crippen LogP contribution in [0.5, 0.6) is 5.75 Å². The Morgan fingerprint density at radius 2 is 1.92 bits per heavy atom. The minimum Gasteiger partial charge on any atom is -0.490 e. The summed E-state index contributed by atoms with van der Waals surface area (Å²) in [7, 11) is 4.73. The number of carbonyl (C=O) groups is 3. The van der Waals surface area contributed by atoms with Gasteiger partial charge in [0.25, 0.3) is 13.2 Å². The number of carbonyl (C=O) groups excluding carboxylic acids is 3. The molecule has 24 heteroatoms. The lowest BCUT2D eigenvalue weighted by atomic mass is 9.71. The predicted molar refractivity (Wildman–Crippen MR) is 234 cm³/mol. The third-order valence-corrected chi connectivity index (χ3v) is 12.4. The first kappa shape index (κ1) is 52.9. The quantitative estimate of drug-likeness (QED) is 0.0119. The van der Waals surface area contributed by atoms with Crippen LogP contribution in [0.4, 0.5) is 4.79 Å². The minimum atomic E-state index is -2.57. The lowest BCUT2D eigenvalue weighted by molar-refractivity contribution is -0.126. The van der Waals surface area contributed by atoms with Crippen LogP contribution in [-0.2, 0) is 38.0 Å². The summed E-state index contributed by atoms with van der Waals surface area (Å²) in [6.07, 6.45) is 1.87. The number of benzene rings is 1. The van der Waals surface area contributed by atoms with Crippen molar-refractivity contribution < 1.29 is 62.1 Å². The molecule has 3 unspecified atom stereocenters. The number of nitrogens with one attached hydrogen (secondary N) is 2. The summed E-state index contributed by atoms with van der Waals surface area (Å²) in [4.78, 5) is 56.4. The summed E-state index contributed by atoms with van der Waals surface area (Å²) in [5, 5.41) is 14.3. The van der Waals surface area contributed by atoms with Gasteiger partial charge in [0.15, 0.2) is 11.3 Å². The van der Waals surface area contributed by atoms with Crippen LogP contribution >= 0.6 is 63.3 Å². The van der Waals surface area contributed by atoms with E-state index in [-0.39, 0.29) is 69.4 Å². The fourth-order valence-electron chi connectivity index (χ4n) is 4.63. The molecule has 0 saturated carbocycles. The number of thiocyanates is 1. The normalized spacial score (nSPS) is 17.8. The Balaban J connectivity index is 1.82. The van der Waals surface area contributed by atoms with Crippen molar-refractivity contribution >= 4 is 88.6 Å². The molecule has 59 heavy (non-hydrogen) atoms. The first-order chi connectivity index (χ1) is 28.5. The van der Waals surface area contributed by atoms with Crippen molar-refractivity contribution in [2.24, 2.45) is 5.73 Å². The van der Waals surface area contributed by atoms with Gasteiger partial charge in [-0.15, -0.1) is 5.92 Å². The molecule has 0 spiro atoms. The van der Waals surface area contributed by atoms with Crippen molar-refractivity contribution in [3.05, 3.63) is 29.8 Å². The maximum Gasteiger partial charge on any atom is 0.509 e. The molecule has 0 aliphatic carbocycles. The highest BCUT2D eigenvalue weighted by molar-refractivity contribution is 8.76. The Morgan fingerprint density at radius 3 is 2.63 bits per heavy atom. The first-order valence-corrected chi connectivity index (χ1v) is 25.2. The number of thioether (sulfide) groups is 1. The number of hydrogen-bond acceptors (Lipinski definition) is 20. The van der Waals surface area contributed by atoms with Gasteiger partial charge in [-0.3, -0.25) is 9.59 Å². The topological polar surface area (TPSA) is 239 Å². The molecule has 325 valence electrons. The summed E-state index contributed by atoms with van der Waals surface area (Å²) in [6.45, 7) is 3.94. The molecule has 1 fully saturated rings. The zero-order valence-corrected chi connectivity index (χ0v) is 37.9. The summed E-state index contributed by atoms with van der Waals surface area (Å²) in [6, 6.07) is 6.31. The standard InChI is InChI=1S/C35H49BN4O13PS5/c1-5-10-35(2,54(44)45)51-19-28-27(53-32(59-56-4)22-49-34(43)50-24-57-23-38)18-29(52-28)36-11-7-13-39-30(41)20-46-15-16-47-31(58-55-3)21-48-26-9-6-8-25(17-26)33(42)40-14-12-37/h6,8-9,17,27-29,31-32,44-45H,12-16,18-22,24,37H2,1-4H3,(H,39,41)(H,40,42)/t27-,28?,29-,31?,32+,35?/m1/s1. The highest BCUT2D eigenvalue weighted by Crippen LogP contribution is 2.43. The second-order valence-corrected chi connectivity index (χ2v) is 19.0. The maximum atomic E-state index is 12.3. The highest BCUT2D eigenvalue weighted by atomic mass is 33.1. The molecule has 0 aromatic heterocycles. The van der Waals surface area contributed by atoms with Gasteiger partial charge in [-0.2, -0.15) is 11.1 Å². The zero-order chi connectivity index (χ0) is 43.3. The molecule has 17 nitrogen and oxygen atoms in total. The number of ether oxygens (including phenoxy) is 8. The number of nitrogens with zero attached hydrogens (tertiary/aromatic N) is 1. The second-order valence-electron chi connectivity index (χ2n) is 11.6. The molecule has 1 aliphatic rings. The van der Waals surface area contributed by atoms with Gasteiger partial charge >= 0.3 is 6.16 Å². The van der Waals surface area contributed by atoms with E-state index in [2.05, 4.69) is 34.2 Å². The van der Waals surface area contributed by atoms with E-state index in [1.165, 1.54) is 50.1 Å². The molecule has 6 N–H and O–H groups in total. The van der Waals surface area contributed by atoms with E-state index in [0.29, 0.717) is 30.8 Å². The van der Waals surface area contributed by atoms with E-state index in [4.69, 9.17) is 48.9 Å². The Hall–Kier alpha value is -2.24. The van der Waals surface area contributed by atoms with Crippen molar-refractivity contribution in [3.8, 4) is 34.7 Å². The van der Waals surface area contributed by atoms with Crippen LogP contribution in [0.1, 0.15) is 30.6 Å². The minimum absolute atomic E-state index is 0.0470. The third kappa shape index (κ3) is 22.4. The maximum absolute atomic E-state index is 12.3. The van der Waals surface area contributed by atoms with Crippen LogP contribution in [0, 0.1) is 34.2 Å². The smallest absolute Gasteiger partial charge is 0.490 e. The predicted octanol–water partition coefficient (Wildman–Crippen LogP) is 3.12. The monoisotopic (exact) mass is 935 g/mol. The van der Waals surface area contributed by atoms with E-state index in [1.54, 1.807) is 43.9 Å². The Labute approximate surface area is 367 Å². The van der Waals surface area contributed by atoms with Crippen molar-refractivity contribution in [2.45, 2.75) is 54.7 Å². The molecule has 0 bridgehead atoms. The Kier molecular flexibility index (Phi) is 28.3. The fraction of sp³-hybridized carbons (Fsp3) is 0.600. The highest BCUT2D eigenvalue weighted by Gasteiger charge is 2.41. The molecule has 1 aliphatic heterocycles. The number of nitrogens with two attached hydrogens (primary N) is 1. The van der Waals surface area contributed by atoms with Crippen molar-refractivity contribution in [2.75, 3.05) is 77.7 Å². The molecule has 2 amide bonds. The summed E-state index contributed by atoms with van der Waals surface area (Å²) in [5.74, 6) is 10.8. The lowest BCUT2D eigenvalue weighted by Crippen LogP contribution is -2.37. The van der Waals surface area contributed by atoms with Crippen LogP contribution in [0.2, 0.25) is 0 Å². The van der Waals surface area contributed by atoms with Crippen molar-refractivity contribution in [1.29, 1.82) is 5.26 Å². The fourth-order valence-corrected chi connectivity index (χ4v) is 8.18. The van der Waals surface area contributed by atoms with E-state index in [1.807, 2.05) is 12.5 Å². The second kappa shape index (κ2) is 31.6. The summed E-state index contributed by atoms with van der Waals surface area (Å²) < 4.78 is 45.4. The van der Waals surface area contributed by atoms with Gasteiger partial charge in [0.2, 0.25) is 14.3 Å². The Bertz CT molecular complexity index is 1600. The van der Waals surface area contributed by atoms with Gasteiger partial charge in [-0.25, -0.2) is 4.79 Å². The number of nitriles is 1. The molecule has 6 atom stereocenters. The van der Waals surface area contributed by atoms with Gasteiger partial charge < -0.3 is 64.0 Å². The molecule has 1 aromatic rings. The molecular weight excluding hydrogens is 887 g/mol. The first-order valence-electron chi connectivity index (χ1n) is 17.7. The van der Waals surface area contributed by atoms with Crippen LogP contribution in [0.15, 0.2) is 24.3 Å². The number of hydrogen-bond donors (Lipinski definition) is 5. The van der Waals surface area contributed by atoms with Crippen LogP contribution in [0.25, 0.3) is 0 Å². The third-order valence-electron chi connectivity index (χ3n) is 7.29. The van der Waals surface area contributed by atoms with Crippen LogP contribution < -0.4 is 21.1 Å². The summed E-state index contributed by atoms with van der Waals surface area (Å²) >= 11 is 0.749. The van der Waals surface area contributed by atoms with E-state index >= 15 is 0 Å². The number of amides is 2. The van der Waals surface area contributed by atoms with Gasteiger partial charge in [0.05, 0.1) is 32.5 Å². The van der Waals surface area contributed by atoms with E-state index in [9.17, 15) is 24.2 Å². The SMILES string of the molecule is CC#CC(C)(OCC1O[C@@H]([B]C#CCNC(=O)COCCOC(COc2cccc(C(=O)NCCN)c2)SSC)C[C@H]1O[C@H](COC(=O)OCSC#N)SSC)P(O)O. The van der Waals surface area contributed by atoms with E-state index in [0.717, 1.165) is 11.8 Å². The van der Waals surface area contributed by atoms with Crippen molar-refractivity contribution in [1.82, 2.24) is 10.6 Å². The lowest BCUT2D eigenvalue weighted by Gasteiger charge is -2.29. The molecular formula is C35H49BN4O13PS5. The molecule has 1 aromatic carbocycles. The van der Waals surface area contributed by atoms with Gasteiger partial charge in [-0.1, -0.05) is 61.1 Å². The zero-order valence-electron chi connectivity index (χ0n) is 32.9. The molecule has 2 rings (SSSR count). The largest absolute Gasteiger partial charge is 0.509 e. The van der Waals surface area contributed by atoms with Gasteiger partial charge in [-0.05, 0) is 62.7 Å². The summed E-state index contributed by atoms with van der Waals surface area (Å²) in [5.41, 5.74) is 4.95.